The molecule has 25 heavy (non-hydrogen) atoms. The molecular formula is C17H24ClN3O3S. The quantitative estimate of drug-likeness (QED) is 0.802. The molecular weight excluding hydrogens is 362 g/mol. The fraction of sp³-hybridized carbons (Fsp3) is 0.647. The number of fused-ring (bicyclic) bond motifs is 2. The van der Waals surface area contributed by atoms with Gasteiger partial charge in [-0.3, -0.25) is 14.7 Å². The Labute approximate surface area is 153 Å². The largest absolute Gasteiger partial charge is 0.353 e. The number of amides is 1. The molecule has 0 radical (unpaired) electrons. The number of likely N-dealkylation sites (tertiary alicyclic amines) is 1. The topological polar surface area (TPSA) is 79.4 Å². The third-order valence-corrected chi connectivity index (χ3v) is 6.47. The number of rotatable bonds is 6. The van der Waals surface area contributed by atoms with E-state index in [1.54, 1.807) is 12.4 Å². The number of hydrogen-bond acceptors (Lipinski definition) is 5. The number of piperidine rings is 1. The monoisotopic (exact) mass is 385 g/mol. The highest BCUT2D eigenvalue weighted by Gasteiger charge is 2.42. The minimum Gasteiger partial charge on any atom is -0.353 e. The standard InChI is InChI=1S/C17H24ClN3O3S/c1-25(23,24)7-5-16(22)20-17-13-2-3-14(17)11-21(10-13)9-12-4-6-19-8-15(12)18/h4,6,8,13-14,17H,2-3,5,7,9-11H2,1H3,(H,20,22)/t13-,14+,17?. The minimum absolute atomic E-state index is 0.0467. The van der Waals surface area contributed by atoms with Crippen molar-refractivity contribution >= 4 is 27.3 Å². The Morgan fingerprint density at radius 2 is 2.04 bits per heavy atom. The summed E-state index contributed by atoms with van der Waals surface area (Å²) >= 11 is 6.21. The van der Waals surface area contributed by atoms with E-state index in [1.807, 2.05) is 6.07 Å². The zero-order valence-corrected chi connectivity index (χ0v) is 15.9. The van der Waals surface area contributed by atoms with Crippen molar-refractivity contribution in [3.05, 3.63) is 29.0 Å². The summed E-state index contributed by atoms with van der Waals surface area (Å²) in [5.74, 6) is 0.592. The van der Waals surface area contributed by atoms with E-state index in [0.29, 0.717) is 16.9 Å². The third-order valence-electron chi connectivity index (χ3n) is 5.19. The maximum Gasteiger partial charge on any atom is 0.221 e. The fourth-order valence-corrected chi connectivity index (χ4v) is 4.73. The van der Waals surface area contributed by atoms with Crippen LogP contribution in [0.4, 0.5) is 0 Å². The van der Waals surface area contributed by atoms with Crippen LogP contribution in [0.25, 0.3) is 0 Å². The summed E-state index contributed by atoms with van der Waals surface area (Å²) in [6.45, 7) is 2.64. The summed E-state index contributed by atoms with van der Waals surface area (Å²) in [7, 11) is -3.11. The van der Waals surface area contributed by atoms with Crippen molar-refractivity contribution in [3.63, 3.8) is 0 Å². The molecule has 2 aliphatic rings. The Hall–Kier alpha value is -1.18. The van der Waals surface area contributed by atoms with Crippen LogP contribution in [0, 0.1) is 11.8 Å². The van der Waals surface area contributed by atoms with Crippen molar-refractivity contribution in [2.24, 2.45) is 11.8 Å². The smallest absolute Gasteiger partial charge is 0.221 e. The molecule has 1 aromatic rings. The lowest BCUT2D eigenvalue weighted by atomic mass is 9.91. The van der Waals surface area contributed by atoms with Crippen LogP contribution in [0.1, 0.15) is 24.8 Å². The Kier molecular flexibility index (Phi) is 5.65. The van der Waals surface area contributed by atoms with Crippen LogP contribution in [-0.2, 0) is 21.2 Å². The normalized spacial score (nSPS) is 26.6. The molecule has 1 unspecified atom stereocenters. The van der Waals surface area contributed by atoms with Crippen LogP contribution < -0.4 is 5.32 Å². The maximum absolute atomic E-state index is 12.1. The van der Waals surface area contributed by atoms with Gasteiger partial charge in [-0.1, -0.05) is 11.6 Å². The van der Waals surface area contributed by atoms with Gasteiger partial charge < -0.3 is 5.32 Å². The second-order valence-corrected chi connectivity index (χ2v) is 9.90. The van der Waals surface area contributed by atoms with Gasteiger partial charge >= 0.3 is 0 Å². The molecule has 2 fully saturated rings. The molecule has 138 valence electrons. The van der Waals surface area contributed by atoms with Crippen molar-refractivity contribution in [2.45, 2.75) is 31.8 Å². The van der Waals surface area contributed by atoms with Gasteiger partial charge in [0, 0.05) is 50.7 Å². The van der Waals surface area contributed by atoms with E-state index in [4.69, 9.17) is 11.6 Å². The molecule has 1 amide bonds. The molecule has 1 aromatic heterocycles. The lowest BCUT2D eigenvalue weighted by molar-refractivity contribution is -0.122. The van der Waals surface area contributed by atoms with Crippen LogP contribution in [0.5, 0.6) is 0 Å². The summed E-state index contributed by atoms with van der Waals surface area (Å²) < 4.78 is 22.4. The molecule has 1 N–H and O–H groups in total. The Morgan fingerprint density at radius 3 is 2.64 bits per heavy atom. The highest BCUT2D eigenvalue weighted by molar-refractivity contribution is 7.90. The summed E-state index contributed by atoms with van der Waals surface area (Å²) in [4.78, 5) is 18.5. The van der Waals surface area contributed by atoms with Gasteiger partial charge in [-0.25, -0.2) is 8.42 Å². The summed E-state index contributed by atoms with van der Waals surface area (Å²) in [6, 6.07) is 2.11. The molecule has 0 aromatic carbocycles. The first-order valence-electron chi connectivity index (χ1n) is 8.59. The first-order valence-corrected chi connectivity index (χ1v) is 11.0. The first kappa shape index (κ1) is 18.6. The molecule has 1 saturated carbocycles. The zero-order valence-electron chi connectivity index (χ0n) is 14.3. The first-order chi connectivity index (χ1) is 11.8. The fourth-order valence-electron chi connectivity index (χ4n) is 3.99. The van der Waals surface area contributed by atoms with Crippen LogP contribution in [0.2, 0.25) is 5.02 Å². The van der Waals surface area contributed by atoms with Crippen molar-refractivity contribution in [2.75, 3.05) is 25.1 Å². The van der Waals surface area contributed by atoms with Gasteiger partial charge in [0.25, 0.3) is 0 Å². The maximum atomic E-state index is 12.1. The molecule has 3 atom stereocenters. The van der Waals surface area contributed by atoms with Gasteiger partial charge in [-0.05, 0) is 36.3 Å². The number of nitrogens with one attached hydrogen (secondary N) is 1. The van der Waals surface area contributed by atoms with Crippen LogP contribution in [-0.4, -0.2) is 55.3 Å². The van der Waals surface area contributed by atoms with Gasteiger partial charge in [0.15, 0.2) is 0 Å². The number of pyridine rings is 1. The molecule has 1 aliphatic heterocycles. The third kappa shape index (κ3) is 4.92. The highest BCUT2D eigenvalue weighted by Crippen LogP contribution is 2.37. The predicted octanol–water partition coefficient (Wildman–Crippen LogP) is 1.50. The molecule has 1 aliphatic carbocycles. The second-order valence-electron chi connectivity index (χ2n) is 7.23. The van der Waals surface area contributed by atoms with Gasteiger partial charge in [0.1, 0.15) is 9.84 Å². The van der Waals surface area contributed by atoms with E-state index in [-0.39, 0.29) is 24.1 Å². The van der Waals surface area contributed by atoms with Gasteiger partial charge in [-0.15, -0.1) is 0 Å². The van der Waals surface area contributed by atoms with Crippen LogP contribution in [0.15, 0.2) is 18.5 Å². The molecule has 1 saturated heterocycles. The molecule has 0 spiro atoms. The molecule has 6 nitrogen and oxygen atoms in total. The SMILES string of the molecule is CS(=O)(=O)CCC(=O)NC1[C@@H]2CC[C@H]1CN(Cc1ccncc1Cl)C2. The number of hydrogen-bond donors (Lipinski definition) is 1. The Bertz CT molecular complexity index is 726. The van der Waals surface area contributed by atoms with Crippen LogP contribution >= 0.6 is 11.6 Å². The Balaban J connectivity index is 1.55. The molecule has 2 heterocycles. The van der Waals surface area contributed by atoms with Gasteiger partial charge in [0.2, 0.25) is 5.91 Å². The summed E-state index contributed by atoms with van der Waals surface area (Å²) in [5.41, 5.74) is 1.08. The number of nitrogens with zero attached hydrogens (tertiary/aromatic N) is 2. The van der Waals surface area contributed by atoms with Gasteiger partial charge in [0.05, 0.1) is 10.8 Å². The van der Waals surface area contributed by atoms with Crippen LogP contribution in [0.3, 0.4) is 0 Å². The minimum atomic E-state index is -3.11. The molecule has 3 rings (SSSR count). The lowest BCUT2D eigenvalue weighted by Crippen LogP contribution is -2.52. The van der Waals surface area contributed by atoms with Crippen molar-refractivity contribution < 1.29 is 13.2 Å². The van der Waals surface area contributed by atoms with E-state index in [1.165, 1.54) is 0 Å². The van der Waals surface area contributed by atoms with E-state index >= 15 is 0 Å². The van der Waals surface area contributed by atoms with E-state index in [2.05, 4.69) is 15.2 Å². The molecule has 8 heteroatoms. The van der Waals surface area contributed by atoms with Crippen molar-refractivity contribution in [1.82, 2.24) is 15.2 Å². The average Bonchev–Trinajstić information content (AvgIpc) is 2.77. The van der Waals surface area contributed by atoms with E-state index in [9.17, 15) is 13.2 Å². The predicted molar refractivity (Wildman–Crippen MR) is 97.0 cm³/mol. The number of carbonyl (C=O) groups excluding carboxylic acids is 1. The van der Waals surface area contributed by atoms with Gasteiger partial charge in [-0.2, -0.15) is 0 Å². The van der Waals surface area contributed by atoms with E-state index < -0.39 is 9.84 Å². The summed E-state index contributed by atoms with van der Waals surface area (Å²) in [5, 5.41) is 3.77. The second kappa shape index (κ2) is 7.60. The number of sulfone groups is 1. The van der Waals surface area contributed by atoms with E-state index in [0.717, 1.165) is 44.3 Å². The van der Waals surface area contributed by atoms with Crippen molar-refractivity contribution in [3.8, 4) is 0 Å². The number of halogens is 1. The lowest BCUT2D eigenvalue weighted by Gasteiger charge is -2.38. The average molecular weight is 386 g/mol. The highest BCUT2D eigenvalue weighted by atomic mass is 35.5. The van der Waals surface area contributed by atoms with Crippen molar-refractivity contribution in [1.29, 1.82) is 0 Å². The number of aromatic nitrogens is 1. The zero-order chi connectivity index (χ0) is 18.0. The summed E-state index contributed by atoms with van der Waals surface area (Å²) in [6.07, 6.45) is 6.83. The molecule has 2 bridgehead atoms. The number of carbonyl (C=O) groups is 1. The Morgan fingerprint density at radius 1 is 1.36 bits per heavy atom.